The molecule has 1 fully saturated rings. The third-order valence-corrected chi connectivity index (χ3v) is 6.07. The van der Waals surface area contributed by atoms with Crippen LogP contribution in [0.15, 0.2) is 72.8 Å². The smallest absolute Gasteiger partial charge is 0.251 e. The van der Waals surface area contributed by atoms with E-state index in [-0.39, 0.29) is 11.7 Å². The zero-order valence-corrected chi connectivity index (χ0v) is 19.3. The molecule has 1 saturated heterocycles. The van der Waals surface area contributed by atoms with Crippen molar-refractivity contribution in [3.8, 4) is 0 Å². The van der Waals surface area contributed by atoms with E-state index in [0.717, 1.165) is 38.3 Å². The Balaban J connectivity index is 1.28. The highest BCUT2D eigenvalue weighted by Gasteiger charge is 2.18. The van der Waals surface area contributed by atoms with Crippen LogP contribution in [0, 0.1) is 5.82 Å². The summed E-state index contributed by atoms with van der Waals surface area (Å²) in [5.74, 6) is -0.547. The second-order valence-electron chi connectivity index (χ2n) is 8.68. The van der Waals surface area contributed by atoms with Crippen molar-refractivity contribution in [3.05, 3.63) is 95.3 Å². The summed E-state index contributed by atoms with van der Waals surface area (Å²) in [6.07, 6.45) is 0. The van der Waals surface area contributed by atoms with Gasteiger partial charge in [0.1, 0.15) is 5.82 Å². The highest BCUT2D eigenvalue weighted by atomic mass is 19.1. The molecule has 33 heavy (non-hydrogen) atoms. The van der Waals surface area contributed by atoms with Crippen LogP contribution >= 0.6 is 0 Å². The third kappa shape index (κ3) is 6.11. The van der Waals surface area contributed by atoms with Crippen molar-refractivity contribution in [2.24, 2.45) is 0 Å². The van der Waals surface area contributed by atoms with Crippen molar-refractivity contribution < 1.29 is 9.18 Å². The molecule has 4 rings (SSSR count). The van der Waals surface area contributed by atoms with E-state index in [1.165, 1.54) is 41.2 Å². The summed E-state index contributed by atoms with van der Waals surface area (Å²) < 4.78 is 13.1. The van der Waals surface area contributed by atoms with Gasteiger partial charge in [-0.1, -0.05) is 24.3 Å². The van der Waals surface area contributed by atoms with Crippen LogP contribution in [0.1, 0.15) is 21.5 Å². The van der Waals surface area contributed by atoms with Gasteiger partial charge in [0, 0.05) is 70.3 Å². The van der Waals surface area contributed by atoms with E-state index in [4.69, 9.17) is 0 Å². The van der Waals surface area contributed by atoms with Crippen LogP contribution in [-0.2, 0) is 13.1 Å². The van der Waals surface area contributed by atoms with Crippen molar-refractivity contribution in [1.29, 1.82) is 0 Å². The molecule has 1 amide bonds. The number of hydrogen-bond acceptors (Lipinski definition) is 4. The van der Waals surface area contributed by atoms with E-state index in [2.05, 4.69) is 70.5 Å². The molecule has 1 aliphatic rings. The first kappa shape index (κ1) is 22.8. The molecule has 5 nitrogen and oxygen atoms in total. The summed E-state index contributed by atoms with van der Waals surface area (Å²) in [6.45, 7) is 5.38. The molecule has 1 N–H and O–H groups in total. The van der Waals surface area contributed by atoms with E-state index in [0.29, 0.717) is 12.1 Å². The van der Waals surface area contributed by atoms with Crippen LogP contribution in [0.3, 0.4) is 0 Å². The topological polar surface area (TPSA) is 38.8 Å². The molecule has 0 unspecified atom stereocenters. The lowest BCUT2D eigenvalue weighted by Crippen LogP contribution is -2.46. The Morgan fingerprint density at radius 2 is 1.61 bits per heavy atom. The second kappa shape index (κ2) is 10.5. The molecule has 3 aromatic rings. The van der Waals surface area contributed by atoms with E-state index in [1.807, 2.05) is 12.1 Å². The van der Waals surface area contributed by atoms with Crippen LogP contribution in [0.25, 0.3) is 0 Å². The number of anilines is 2. The average Bonchev–Trinajstić information content (AvgIpc) is 2.84. The minimum atomic E-state index is -0.346. The summed E-state index contributed by atoms with van der Waals surface area (Å²) >= 11 is 0. The molecule has 0 aliphatic carbocycles. The van der Waals surface area contributed by atoms with Crippen molar-refractivity contribution in [2.45, 2.75) is 13.1 Å². The van der Waals surface area contributed by atoms with Gasteiger partial charge < -0.3 is 15.1 Å². The molecule has 0 aromatic heterocycles. The quantitative estimate of drug-likeness (QED) is 0.592. The molecular formula is C27H31FN4O. The number of hydrogen-bond donors (Lipinski definition) is 1. The molecule has 6 heteroatoms. The first-order valence-electron chi connectivity index (χ1n) is 11.3. The molecule has 1 aliphatic heterocycles. The van der Waals surface area contributed by atoms with Gasteiger partial charge in [-0.15, -0.1) is 0 Å². The predicted octanol–water partition coefficient (Wildman–Crippen LogP) is 4.14. The first-order valence-corrected chi connectivity index (χ1v) is 11.3. The van der Waals surface area contributed by atoms with Crippen molar-refractivity contribution in [3.63, 3.8) is 0 Å². The van der Waals surface area contributed by atoms with Crippen LogP contribution in [0.2, 0.25) is 0 Å². The highest BCUT2D eigenvalue weighted by Crippen LogP contribution is 2.20. The zero-order valence-electron chi connectivity index (χ0n) is 19.3. The number of piperazine rings is 1. The second-order valence-corrected chi connectivity index (χ2v) is 8.68. The van der Waals surface area contributed by atoms with Gasteiger partial charge in [-0.3, -0.25) is 9.69 Å². The number of carbonyl (C=O) groups is 1. The Hall–Kier alpha value is -3.38. The maximum Gasteiger partial charge on any atom is 0.251 e. The minimum Gasteiger partial charge on any atom is -0.378 e. The first-order chi connectivity index (χ1) is 16.0. The van der Waals surface area contributed by atoms with Gasteiger partial charge in [0.15, 0.2) is 0 Å². The highest BCUT2D eigenvalue weighted by molar-refractivity contribution is 5.94. The summed E-state index contributed by atoms with van der Waals surface area (Å²) in [7, 11) is 4.12. The Bertz CT molecular complexity index is 1060. The molecule has 0 atom stereocenters. The summed E-state index contributed by atoms with van der Waals surface area (Å²) in [5.41, 5.74) is 5.25. The lowest BCUT2D eigenvalue weighted by Gasteiger charge is -2.36. The molecule has 0 saturated carbocycles. The van der Waals surface area contributed by atoms with Gasteiger partial charge in [0.05, 0.1) is 0 Å². The SMILES string of the molecule is CN(C)c1ccc(CN2CCN(c3cccc(CNC(=O)c4ccc(F)cc4)c3)CC2)cc1. The van der Waals surface area contributed by atoms with E-state index in [1.54, 1.807) is 0 Å². The normalized spacial score (nSPS) is 14.2. The zero-order chi connectivity index (χ0) is 23.2. The number of amides is 1. The third-order valence-electron chi connectivity index (χ3n) is 6.07. The molecule has 0 spiro atoms. The Kier molecular flexibility index (Phi) is 7.25. The lowest BCUT2D eigenvalue weighted by atomic mass is 10.1. The Labute approximate surface area is 195 Å². The summed E-state index contributed by atoms with van der Waals surface area (Å²) in [6, 6.07) is 22.7. The minimum absolute atomic E-state index is 0.201. The fourth-order valence-corrected chi connectivity index (χ4v) is 4.07. The molecule has 0 radical (unpaired) electrons. The largest absolute Gasteiger partial charge is 0.378 e. The van der Waals surface area contributed by atoms with Crippen molar-refractivity contribution in [2.75, 3.05) is 50.1 Å². The van der Waals surface area contributed by atoms with Gasteiger partial charge in [-0.05, 0) is 59.7 Å². The average molecular weight is 447 g/mol. The fourth-order valence-electron chi connectivity index (χ4n) is 4.07. The summed E-state index contributed by atoms with van der Waals surface area (Å²) in [4.78, 5) is 19.3. The summed E-state index contributed by atoms with van der Waals surface area (Å²) in [5, 5.41) is 2.92. The van der Waals surface area contributed by atoms with Gasteiger partial charge in [0.2, 0.25) is 0 Å². The van der Waals surface area contributed by atoms with Gasteiger partial charge >= 0.3 is 0 Å². The maximum absolute atomic E-state index is 13.1. The predicted molar refractivity (Wildman–Crippen MR) is 132 cm³/mol. The number of nitrogens with one attached hydrogen (secondary N) is 1. The fraction of sp³-hybridized carbons (Fsp3) is 0.296. The van der Waals surface area contributed by atoms with Crippen molar-refractivity contribution in [1.82, 2.24) is 10.2 Å². The Morgan fingerprint density at radius 1 is 0.909 bits per heavy atom. The van der Waals surface area contributed by atoms with Gasteiger partial charge in [0.25, 0.3) is 5.91 Å². The van der Waals surface area contributed by atoms with Crippen LogP contribution in [0.5, 0.6) is 0 Å². The molecule has 0 bridgehead atoms. The van der Waals surface area contributed by atoms with Crippen LogP contribution in [0.4, 0.5) is 15.8 Å². The number of nitrogens with zero attached hydrogens (tertiary/aromatic N) is 3. The standard InChI is InChI=1S/C27H31FN4O/c1-30(2)25-12-6-21(7-13-25)20-31-14-16-32(17-15-31)26-5-3-4-22(18-26)19-29-27(33)23-8-10-24(28)11-9-23/h3-13,18H,14-17,19-20H2,1-2H3,(H,29,33). The van der Waals surface area contributed by atoms with E-state index < -0.39 is 0 Å². The maximum atomic E-state index is 13.1. The van der Waals surface area contributed by atoms with Crippen LogP contribution < -0.4 is 15.1 Å². The number of carbonyl (C=O) groups excluding carboxylic acids is 1. The van der Waals surface area contributed by atoms with Crippen molar-refractivity contribution >= 4 is 17.3 Å². The molecule has 3 aromatic carbocycles. The van der Waals surface area contributed by atoms with Gasteiger partial charge in [-0.25, -0.2) is 4.39 Å². The van der Waals surface area contributed by atoms with Gasteiger partial charge in [-0.2, -0.15) is 0 Å². The van der Waals surface area contributed by atoms with Crippen LogP contribution in [-0.4, -0.2) is 51.1 Å². The Morgan fingerprint density at radius 3 is 2.27 bits per heavy atom. The molecular weight excluding hydrogens is 415 g/mol. The lowest BCUT2D eigenvalue weighted by molar-refractivity contribution is 0.0951. The number of halogens is 1. The number of benzene rings is 3. The number of rotatable bonds is 7. The van der Waals surface area contributed by atoms with E-state index >= 15 is 0 Å². The monoisotopic (exact) mass is 446 g/mol. The van der Waals surface area contributed by atoms with E-state index in [9.17, 15) is 9.18 Å². The molecule has 1 heterocycles. The molecule has 172 valence electrons.